The van der Waals surface area contributed by atoms with E-state index in [1.165, 1.54) is 6.07 Å². The summed E-state index contributed by atoms with van der Waals surface area (Å²) in [5.74, 6) is 0. The van der Waals surface area contributed by atoms with E-state index in [1.54, 1.807) is 19.1 Å². The van der Waals surface area contributed by atoms with Crippen molar-refractivity contribution in [2.24, 2.45) is 5.73 Å². The van der Waals surface area contributed by atoms with Crippen molar-refractivity contribution in [1.82, 2.24) is 4.72 Å². The Morgan fingerprint density at radius 3 is 2.68 bits per heavy atom. The van der Waals surface area contributed by atoms with E-state index in [4.69, 9.17) is 22.1 Å². The Bertz CT molecular complexity index is 520. The fourth-order valence-corrected chi connectivity index (χ4v) is 3.34. The first kappa shape index (κ1) is 16.4. The van der Waals surface area contributed by atoms with Gasteiger partial charge in [0.05, 0.1) is 11.6 Å². The monoisotopic (exact) mass is 306 g/mol. The lowest BCUT2D eigenvalue weighted by Crippen LogP contribution is -2.36. The minimum absolute atomic E-state index is 0.0507. The van der Waals surface area contributed by atoms with Gasteiger partial charge in [0.15, 0.2) is 0 Å². The predicted octanol–water partition coefficient (Wildman–Crippen LogP) is 1.50. The van der Waals surface area contributed by atoms with Crippen LogP contribution in [0.3, 0.4) is 0 Å². The zero-order valence-electron chi connectivity index (χ0n) is 11.0. The number of nitrogens with one attached hydrogen (secondary N) is 1. The molecule has 0 aromatic heterocycles. The van der Waals surface area contributed by atoms with E-state index >= 15 is 0 Å². The summed E-state index contributed by atoms with van der Waals surface area (Å²) >= 11 is 5.97. The number of hydrogen-bond acceptors (Lipinski definition) is 4. The van der Waals surface area contributed by atoms with Crippen LogP contribution in [0.4, 0.5) is 0 Å². The maximum Gasteiger partial charge on any atom is 0.242 e. The molecule has 7 heteroatoms. The molecule has 1 atom stereocenters. The zero-order chi connectivity index (χ0) is 14.5. The standard InChI is InChI=1S/C12H19ClN2O3S/c1-3-18-8-9(2)15-19(16,17)12-5-4-10(7-14)6-11(12)13/h4-6,9,15H,3,7-8,14H2,1-2H3. The van der Waals surface area contributed by atoms with Gasteiger partial charge in [-0.25, -0.2) is 13.1 Å². The van der Waals surface area contributed by atoms with Crippen molar-refractivity contribution < 1.29 is 13.2 Å². The molecule has 1 unspecified atom stereocenters. The average Bonchev–Trinajstić information content (AvgIpc) is 2.35. The first-order valence-electron chi connectivity index (χ1n) is 5.99. The first-order valence-corrected chi connectivity index (χ1v) is 7.85. The molecule has 0 fully saturated rings. The topological polar surface area (TPSA) is 81.4 Å². The second-order valence-corrected chi connectivity index (χ2v) is 6.24. The van der Waals surface area contributed by atoms with Crippen LogP contribution in [0.1, 0.15) is 19.4 Å². The van der Waals surface area contributed by atoms with Gasteiger partial charge < -0.3 is 10.5 Å². The third-order valence-corrected chi connectivity index (χ3v) is 4.52. The lowest BCUT2D eigenvalue weighted by Gasteiger charge is -2.15. The van der Waals surface area contributed by atoms with Crippen molar-refractivity contribution >= 4 is 21.6 Å². The minimum Gasteiger partial charge on any atom is -0.380 e. The van der Waals surface area contributed by atoms with Crippen LogP contribution >= 0.6 is 11.6 Å². The molecule has 0 saturated heterocycles. The van der Waals surface area contributed by atoms with Gasteiger partial charge in [-0.3, -0.25) is 0 Å². The van der Waals surface area contributed by atoms with Crippen LogP contribution in [-0.2, 0) is 21.3 Å². The molecule has 0 saturated carbocycles. The molecule has 1 aromatic rings. The Balaban J connectivity index is 2.88. The van der Waals surface area contributed by atoms with Crippen LogP contribution in [0.5, 0.6) is 0 Å². The molecule has 0 heterocycles. The summed E-state index contributed by atoms with van der Waals surface area (Å²) in [7, 11) is -3.65. The third-order valence-electron chi connectivity index (χ3n) is 2.45. The summed E-state index contributed by atoms with van der Waals surface area (Å²) < 4.78 is 32.0. The van der Waals surface area contributed by atoms with Crippen LogP contribution in [0, 0.1) is 0 Å². The molecule has 3 N–H and O–H groups in total. The number of benzene rings is 1. The second-order valence-electron chi connectivity index (χ2n) is 4.15. The van der Waals surface area contributed by atoms with Gasteiger partial charge in [-0.2, -0.15) is 0 Å². The molecular weight excluding hydrogens is 288 g/mol. The van der Waals surface area contributed by atoms with Gasteiger partial charge >= 0.3 is 0 Å². The third kappa shape index (κ3) is 4.74. The summed E-state index contributed by atoms with van der Waals surface area (Å²) in [6.45, 7) is 4.75. The highest BCUT2D eigenvalue weighted by molar-refractivity contribution is 7.89. The van der Waals surface area contributed by atoms with Gasteiger partial charge in [0, 0.05) is 19.2 Å². The Kier molecular flexibility index (Phi) is 6.22. The van der Waals surface area contributed by atoms with Crippen molar-refractivity contribution in [2.45, 2.75) is 31.3 Å². The zero-order valence-corrected chi connectivity index (χ0v) is 12.6. The Labute approximate surface area is 119 Å². The van der Waals surface area contributed by atoms with Crippen molar-refractivity contribution in [3.63, 3.8) is 0 Å². The van der Waals surface area contributed by atoms with Gasteiger partial charge in [0.1, 0.15) is 4.90 Å². The van der Waals surface area contributed by atoms with Crippen LogP contribution in [-0.4, -0.2) is 27.7 Å². The number of sulfonamides is 1. The van der Waals surface area contributed by atoms with Crippen molar-refractivity contribution in [3.8, 4) is 0 Å². The Hall–Kier alpha value is -0.660. The molecule has 0 spiro atoms. The van der Waals surface area contributed by atoms with E-state index in [0.717, 1.165) is 5.56 Å². The summed E-state index contributed by atoms with van der Waals surface area (Å²) in [4.78, 5) is 0.0507. The van der Waals surface area contributed by atoms with E-state index in [-0.39, 0.29) is 16.0 Å². The quantitative estimate of drug-likeness (QED) is 0.800. The average molecular weight is 307 g/mol. The molecule has 0 aliphatic carbocycles. The van der Waals surface area contributed by atoms with Crippen LogP contribution in [0.2, 0.25) is 5.02 Å². The molecule has 0 aliphatic heterocycles. The SMILES string of the molecule is CCOCC(C)NS(=O)(=O)c1ccc(CN)cc1Cl. The minimum atomic E-state index is -3.65. The highest BCUT2D eigenvalue weighted by Gasteiger charge is 2.20. The molecule has 19 heavy (non-hydrogen) atoms. The maximum atomic E-state index is 12.1. The molecule has 5 nitrogen and oxygen atoms in total. The molecule has 108 valence electrons. The highest BCUT2D eigenvalue weighted by Crippen LogP contribution is 2.22. The molecule has 0 aliphatic rings. The fourth-order valence-electron chi connectivity index (χ4n) is 1.55. The smallest absolute Gasteiger partial charge is 0.242 e. The summed E-state index contributed by atoms with van der Waals surface area (Å²) in [5.41, 5.74) is 6.26. The predicted molar refractivity (Wildman–Crippen MR) is 75.6 cm³/mol. The maximum absolute atomic E-state index is 12.1. The largest absolute Gasteiger partial charge is 0.380 e. The van der Waals surface area contributed by atoms with E-state index in [2.05, 4.69) is 4.72 Å². The van der Waals surface area contributed by atoms with E-state index in [0.29, 0.717) is 19.8 Å². The molecule has 1 aromatic carbocycles. The molecule has 0 radical (unpaired) electrons. The van der Waals surface area contributed by atoms with Crippen molar-refractivity contribution in [2.75, 3.05) is 13.2 Å². The molecule has 0 bridgehead atoms. The van der Waals surface area contributed by atoms with Gasteiger partial charge in [-0.15, -0.1) is 0 Å². The second kappa shape index (κ2) is 7.21. The lowest BCUT2D eigenvalue weighted by atomic mass is 10.2. The van der Waals surface area contributed by atoms with Crippen LogP contribution in [0.15, 0.2) is 23.1 Å². The highest BCUT2D eigenvalue weighted by atomic mass is 35.5. The van der Waals surface area contributed by atoms with Gasteiger partial charge in [-0.1, -0.05) is 17.7 Å². The van der Waals surface area contributed by atoms with Gasteiger partial charge in [-0.05, 0) is 31.5 Å². The lowest BCUT2D eigenvalue weighted by molar-refractivity contribution is 0.133. The van der Waals surface area contributed by atoms with E-state index in [9.17, 15) is 8.42 Å². The number of halogens is 1. The molecule has 0 amide bonds. The normalized spacial score (nSPS) is 13.5. The van der Waals surface area contributed by atoms with E-state index in [1.807, 2.05) is 6.92 Å². The number of rotatable bonds is 7. The van der Waals surface area contributed by atoms with Gasteiger partial charge in [0.25, 0.3) is 0 Å². The number of hydrogen-bond donors (Lipinski definition) is 2. The molecular formula is C12H19ClN2O3S. The van der Waals surface area contributed by atoms with Crippen LogP contribution < -0.4 is 10.5 Å². The first-order chi connectivity index (χ1) is 8.90. The summed E-state index contributed by atoms with van der Waals surface area (Å²) in [5, 5.41) is 0.166. The molecule has 1 rings (SSSR count). The Morgan fingerprint density at radius 1 is 1.47 bits per heavy atom. The van der Waals surface area contributed by atoms with E-state index < -0.39 is 10.0 Å². The van der Waals surface area contributed by atoms with Crippen molar-refractivity contribution in [3.05, 3.63) is 28.8 Å². The Morgan fingerprint density at radius 2 is 2.16 bits per heavy atom. The number of nitrogens with two attached hydrogens (primary N) is 1. The van der Waals surface area contributed by atoms with Crippen molar-refractivity contribution in [1.29, 1.82) is 0 Å². The van der Waals surface area contributed by atoms with Crippen LogP contribution in [0.25, 0.3) is 0 Å². The summed E-state index contributed by atoms with van der Waals surface area (Å²) in [6, 6.07) is 4.34. The number of ether oxygens (including phenoxy) is 1. The summed E-state index contributed by atoms with van der Waals surface area (Å²) in [6.07, 6.45) is 0. The van der Waals surface area contributed by atoms with Gasteiger partial charge in [0.2, 0.25) is 10.0 Å². The fraction of sp³-hybridized carbons (Fsp3) is 0.500.